The van der Waals surface area contributed by atoms with Crippen molar-refractivity contribution in [2.24, 2.45) is 0 Å². The van der Waals surface area contributed by atoms with Gasteiger partial charge in [0.25, 0.3) is 5.56 Å². The second kappa shape index (κ2) is 7.26. The molecule has 0 atom stereocenters. The van der Waals surface area contributed by atoms with Crippen LogP contribution in [0.5, 0.6) is 5.75 Å². The van der Waals surface area contributed by atoms with Gasteiger partial charge in [0, 0.05) is 12.3 Å². The third-order valence-electron chi connectivity index (χ3n) is 3.06. The lowest BCUT2D eigenvalue weighted by Gasteiger charge is -2.11. The van der Waals surface area contributed by atoms with E-state index in [1.54, 1.807) is 18.2 Å². The van der Waals surface area contributed by atoms with Crippen molar-refractivity contribution in [3.05, 3.63) is 64.1 Å². The zero-order chi connectivity index (χ0) is 16.8. The number of carbonyl (C=O) groups is 2. The van der Waals surface area contributed by atoms with Gasteiger partial charge in [-0.3, -0.25) is 9.59 Å². The molecule has 1 heterocycles. The highest BCUT2D eigenvalue weighted by atomic mass is 16.7. The first-order valence-corrected chi connectivity index (χ1v) is 6.69. The fourth-order valence-electron chi connectivity index (χ4n) is 1.90. The van der Waals surface area contributed by atoms with Crippen molar-refractivity contribution in [2.75, 3.05) is 14.2 Å². The molecule has 0 radical (unpaired) electrons. The lowest BCUT2D eigenvalue weighted by atomic mass is 10.0. The molecule has 1 aromatic heterocycles. The van der Waals surface area contributed by atoms with Gasteiger partial charge in [0.1, 0.15) is 5.75 Å². The molecule has 0 bridgehead atoms. The van der Waals surface area contributed by atoms with Crippen molar-refractivity contribution in [1.29, 1.82) is 0 Å². The molecule has 0 aliphatic rings. The lowest BCUT2D eigenvalue weighted by Crippen LogP contribution is -2.30. The van der Waals surface area contributed by atoms with Crippen molar-refractivity contribution >= 4 is 11.9 Å². The van der Waals surface area contributed by atoms with E-state index in [9.17, 15) is 14.4 Å². The molecule has 0 amide bonds. The van der Waals surface area contributed by atoms with Gasteiger partial charge in [-0.15, -0.1) is 4.73 Å². The number of pyridine rings is 1. The van der Waals surface area contributed by atoms with Crippen molar-refractivity contribution in [2.45, 2.75) is 6.42 Å². The highest BCUT2D eigenvalue weighted by Crippen LogP contribution is 2.19. The first kappa shape index (κ1) is 16.3. The van der Waals surface area contributed by atoms with E-state index in [-0.39, 0.29) is 12.0 Å². The monoisotopic (exact) mass is 317 g/mol. The molecule has 0 spiro atoms. The predicted molar refractivity (Wildman–Crippen MR) is 80.3 cm³/mol. The Balaban J connectivity index is 2.33. The first-order valence-electron chi connectivity index (χ1n) is 6.69. The number of hydrogen-bond donors (Lipinski definition) is 0. The molecule has 23 heavy (non-hydrogen) atoms. The number of rotatable bonds is 5. The number of esters is 1. The van der Waals surface area contributed by atoms with Gasteiger partial charge in [-0.1, -0.05) is 6.07 Å². The van der Waals surface area contributed by atoms with Crippen LogP contribution in [0.4, 0.5) is 0 Å². The molecule has 7 heteroatoms. The van der Waals surface area contributed by atoms with Crippen LogP contribution < -0.4 is 15.1 Å². The average molecular weight is 317 g/mol. The number of methoxy groups -OCH3 is 2. The topological polar surface area (TPSA) is 83.8 Å². The number of carbonyl (C=O) groups excluding carboxylic acids is 2. The van der Waals surface area contributed by atoms with Gasteiger partial charge in [0.05, 0.1) is 26.2 Å². The smallest absolute Gasteiger partial charge is 0.364 e. The number of ether oxygens (including phenoxy) is 2. The van der Waals surface area contributed by atoms with Crippen molar-refractivity contribution in [3.63, 3.8) is 0 Å². The van der Waals surface area contributed by atoms with Gasteiger partial charge >= 0.3 is 11.9 Å². The molecule has 0 N–H and O–H groups in total. The normalized spacial score (nSPS) is 10.0. The summed E-state index contributed by atoms with van der Waals surface area (Å²) >= 11 is 0. The van der Waals surface area contributed by atoms with Crippen LogP contribution in [0.1, 0.15) is 15.9 Å². The van der Waals surface area contributed by atoms with Gasteiger partial charge in [0.2, 0.25) is 0 Å². The second-order valence-corrected chi connectivity index (χ2v) is 4.52. The van der Waals surface area contributed by atoms with E-state index in [0.29, 0.717) is 11.3 Å². The Labute approximate surface area is 132 Å². The summed E-state index contributed by atoms with van der Waals surface area (Å²) in [5.41, 5.74) is 0.0426. The summed E-state index contributed by atoms with van der Waals surface area (Å²) in [6.07, 6.45) is 1.20. The molecular formula is C16H15NO6. The second-order valence-electron chi connectivity index (χ2n) is 4.52. The minimum Gasteiger partial charge on any atom is -0.497 e. The summed E-state index contributed by atoms with van der Waals surface area (Å²) in [5, 5.41) is 0. The third kappa shape index (κ3) is 3.97. The van der Waals surface area contributed by atoms with E-state index in [1.807, 2.05) is 0 Å². The van der Waals surface area contributed by atoms with E-state index in [4.69, 9.17) is 9.57 Å². The summed E-state index contributed by atoms with van der Waals surface area (Å²) in [7, 11) is 2.73. The van der Waals surface area contributed by atoms with Gasteiger partial charge in [0.15, 0.2) is 0 Å². The van der Waals surface area contributed by atoms with Gasteiger partial charge in [-0.05, 0) is 29.8 Å². The van der Waals surface area contributed by atoms with Crippen molar-refractivity contribution in [3.8, 4) is 5.75 Å². The van der Waals surface area contributed by atoms with Crippen LogP contribution in [-0.4, -0.2) is 30.9 Å². The molecule has 2 rings (SSSR count). The Hall–Kier alpha value is -3.09. The van der Waals surface area contributed by atoms with Crippen LogP contribution >= 0.6 is 0 Å². The number of nitrogens with zero attached hydrogens (tertiary/aromatic N) is 1. The van der Waals surface area contributed by atoms with Gasteiger partial charge in [-0.25, -0.2) is 4.79 Å². The summed E-state index contributed by atoms with van der Waals surface area (Å²) in [5.74, 6) is -0.790. The summed E-state index contributed by atoms with van der Waals surface area (Å²) in [6, 6.07) is 8.91. The highest BCUT2D eigenvalue weighted by Gasteiger charge is 2.18. The van der Waals surface area contributed by atoms with Crippen LogP contribution in [-0.2, 0) is 16.0 Å². The van der Waals surface area contributed by atoms with Crippen LogP contribution in [0.3, 0.4) is 0 Å². The van der Waals surface area contributed by atoms with Crippen LogP contribution in [0, 0.1) is 0 Å². The summed E-state index contributed by atoms with van der Waals surface area (Å²) < 4.78 is 10.5. The zero-order valence-electron chi connectivity index (χ0n) is 12.6. The molecular weight excluding hydrogens is 302 g/mol. The Morgan fingerprint density at radius 3 is 2.57 bits per heavy atom. The fourth-order valence-corrected chi connectivity index (χ4v) is 1.90. The summed E-state index contributed by atoms with van der Waals surface area (Å²) in [6.45, 7) is 0. The van der Waals surface area contributed by atoms with E-state index < -0.39 is 17.5 Å². The molecule has 0 saturated heterocycles. The lowest BCUT2D eigenvalue weighted by molar-refractivity contribution is -0.139. The van der Waals surface area contributed by atoms with Gasteiger partial charge in [-0.2, -0.15) is 0 Å². The first-order chi connectivity index (χ1) is 11.0. The minimum atomic E-state index is -0.764. The largest absolute Gasteiger partial charge is 0.497 e. The van der Waals surface area contributed by atoms with Crippen LogP contribution in [0.25, 0.3) is 0 Å². The number of aromatic nitrogens is 1. The predicted octanol–water partition coefficient (Wildman–Crippen LogP) is 0.841. The molecule has 0 aliphatic heterocycles. The minimum absolute atomic E-state index is 0.123. The highest BCUT2D eigenvalue weighted by molar-refractivity contribution is 5.93. The Morgan fingerprint density at radius 1 is 1.13 bits per heavy atom. The average Bonchev–Trinajstić information content (AvgIpc) is 2.56. The Bertz CT molecular complexity index is 780. The molecule has 0 unspecified atom stereocenters. The van der Waals surface area contributed by atoms with Crippen molar-refractivity contribution < 1.29 is 23.9 Å². The Kier molecular flexibility index (Phi) is 5.14. The maximum atomic E-state index is 12.3. The van der Waals surface area contributed by atoms with E-state index in [2.05, 4.69) is 4.74 Å². The maximum absolute atomic E-state index is 12.3. The number of benzene rings is 1. The van der Waals surface area contributed by atoms with Crippen LogP contribution in [0.2, 0.25) is 0 Å². The van der Waals surface area contributed by atoms with Crippen LogP contribution in [0.15, 0.2) is 47.4 Å². The standard InChI is InChI=1S/C16H15NO6/c1-21-12-6-7-13(11(9-12)10-15(19)22-2)16(20)23-17-8-4-3-5-14(17)18/h3-9H,10H2,1-2H3. The van der Waals surface area contributed by atoms with E-state index in [0.717, 1.165) is 4.73 Å². The maximum Gasteiger partial charge on any atom is 0.364 e. The number of hydrogen-bond acceptors (Lipinski definition) is 6. The molecule has 7 nitrogen and oxygen atoms in total. The SMILES string of the molecule is COC(=O)Cc1cc(OC)ccc1C(=O)On1ccccc1=O. The summed E-state index contributed by atoms with van der Waals surface area (Å²) in [4.78, 5) is 40.4. The molecule has 1 aromatic carbocycles. The van der Waals surface area contributed by atoms with E-state index in [1.165, 1.54) is 38.6 Å². The molecule has 0 fully saturated rings. The van der Waals surface area contributed by atoms with Crippen molar-refractivity contribution in [1.82, 2.24) is 4.73 Å². The fraction of sp³-hybridized carbons (Fsp3) is 0.188. The quantitative estimate of drug-likeness (QED) is 0.760. The van der Waals surface area contributed by atoms with E-state index >= 15 is 0 Å². The van der Waals surface area contributed by atoms with Gasteiger partial charge < -0.3 is 14.3 Å². The molecule has 0 aliphatic carbocycles. The Morgan fingerprint density at radius 2 is 1.91 bits per heavy atom. The zero-order valence-corrected chi connectivity index (χ0v) is 12.6. The molecule has 2 aromatic rings. The molecule has 0 saturated carbocycles. The third-order valence-corrected chi connectivity index (χ3v) is 3.06. The molecule has 120 valence electrons.